The summed E-state index contributed by atoms with van der Waals surface area (Å²) in [6.45, 7) is 1.21. The van der Waals surface area contributed by atoms with Gasteiger partial charge in [0.25, 0.3) is 5.91 Å². The topological polar surface area (TPSA) is 108 Å². The number of benzene rings is 1. The van der Waals surface area contributed by atoms with Gasteiger partial charge in [-0.15, -0.1) is 0 Å². The number of esters is 2. The van der Waals surface area contributed by atoms with Gasteiger partial charge in [0, 0.05) is 45.9 Å². The summed E-state index contributed by atoms with van der Waals surface area (Å²) < 4.78 is 19.3. The molecule has 0 aliphatic rings. The van der Waals surface area contributed by atoms with Crippen LogP contribution < -0.4 is 4.74 Å². The van der Waals surface area contributed by atoms with Crippen LogP contribution in [-0.2, 0) is 39.8 Å². The maximum Gasteiger partial charge on any atom is 0.336 e. The molecule has 0 bridgehead atoms. The van der Waals surface area contributed by atoms with Crippen molar-refractivity contribution in [3.8, 4) is 5.75 Å². The number of ketones is 1. The highest BCUT2D eigenvalue weighted by molar-refractivity contribution is 6.36. The molecule has 0 atom stereocenters. The molecule has 1 amide bonds. The fraction of sp³-hybridized carbons (Fsp3) is 0.400. The minimum absolute atomic E-state index is 0.0915. The molecular formula is C20H25NO8. The van der Waals surface area contributed by atoms with Crippen molar-refractivity contribution in [3.63, 3.8) is 0 Å². The molecule has 0 radical (unpaired) electrons. The van der Waals surface area contributed by atoms with E-state index in [-0.39, 0.29) is 12.2 Å². The lowest BCUT2D eigenvalue weighted by Crippen LogP contribution is -2.41. The van der Waals surface area contributed by atoms with Crippen molar-refractivity contribution in [1.82, 2.24) is 4.90 Å². The van der Waals surface area contributed by atoms with Gasteiger partial charge in [-0.3, -0.25) is 9.59 Å². The molecule has 1 rings (SSSR count). The predicted molar refractivity (Wildman–Crippen MR) is 102 cm³/mol. The number of rotatable bonds is 12. The zero-order valence-electron chi connectivity index (χ0n) is 16.7. The van der Waals surface area contributed by atoms with Crippen molar-refractivity contribution in [2.24, 2.45) is 0 Å². The molecule has 0 fully saturated rings. The number of amides is 1. The Labute approximate surface area is 169 Å². The molecule has 1 aromatic carbocycles. The van der Waals surface area contributed by atoms with Crippen molar-refractivity contribution in [3.05, 3.63) is 42.0 Å². The van der Waals surface area contributed by atoms with Gasteiger partial charge in [0.2, 0.25) is 5.78 Å². The maximum atomic E-state index is 12.4. The SMILES string of the molecule is COCCN(CCOC)C(=O)C(=O)Cc1ccc(OC(=O)/C=C/C(=O)OC)cc1. The highest BCUT2D eigenvalue weighted by Crippen LogP contribution is 2.13. The average molecular weight is 407 g/mol. The number of Topliss-reactive ketones (excluding diaryl/α,β-unsaturated/α-hetero) is 1. The summed E-state index contributed by atoms with van der Waals surface area (Å²) in [4.78, 5) is 48.6. The second-order valence-electron chi connectivity index (χ2n) is 5.80. The van der Waals surface area contributed by atoms with Gasteiger partial charge < -0.3 is 23.8 Å². The van der Waals surface area contributed by atoms with Gasteiger partial charge in [-0.2, -0.15) is 0 Å². The summed E-state index contributed by atoms with van der Waals surface area (Å²) in [5.41, 5.74) is 0.590. The van der Waals surface area contributed by atoms with Gasteiger partial charge >= 0.3 is 11.9 Å². The number of nitrogens with zero attached hydrogens (tertiary/aromatic N) is 1. The molecule has 0 N–H and O–H groups in total. The first-order valence-electron chi connectivity index (χ1n) is 8.78. The molecule has 0 unspecified atom stereocenters. The van der Waals surface area contributed by atoms with E-state index in [1.807, 2.05) is 0 Å². The summed E-state index contributed by atoms with van der Waals surface area (Å²) in [6, 6.07) is 6.13. The van der Waals surface area contributed by atoms with Crippen molar-refractivity contribution in [2.75, 3.05) is 47.6 Å². The van der Waals surface area contributed by atoms with Crippen LogP contribution >= 0.6 is 0 Å². The van der Waals surface area contributed by atoms with Gasteiger partial charge in [0.15, 0.2) is 0 Å². The zero-order chi connectivity index (χ0) is 21.6. The Morgan fingerprint density at radius 2 is 1.41 bits per heavy atom. The monoisotopic (exact) mass is 407 g/mol. The molecule has 9 heteroatoms. The van der Waals surface area contributed by atoms with E-state index in [0.717, 1.165) is 12.2 Å². The van der Waals surface area contributed by atoms with E-state index in [0.29, 0.717) is 31.9 Å². The van der Waals surface area contributed by atoms with Gasteiger partial charge in [-0.05, 0) is 17.7 Å². The van der Waals surface area contributed by atoms with Crippen molar-refractivity contribution in [1.29, 1.82) is 0 Å². The van der Waals surface area contributed by atoms with E-state index < -0.39 is 23.6 Å². The Balaban J connectivity index is 2.65. The van der Waals surface area contributed by atoms with Gasteiger partial charge in [-0.25, -0.2) is 9.59 Å². The lowest BCUT2D eigenvalue weighted by atomic mass is 10.1. The Kier molecular flexibility index (Phi) is 10.9. The van der Waals surface area contributed by atoms with Crippen LogP contribution in [0.3, 0.4) is 0 Å². The first-order chi connectivity index (χ1) is 13.9. The smallest absolute Gasteiger partial charge is 0.336 e. The number of carbonyl (C=O) groups excluding carboxylic acids is 4. The standard InChI is InChI=1S/C20H25NO8/c1-26-12-10-21(11-13-27-2)20(25)17(22)14-15-4-6-16(7-5-15)29-19(24)9-8-18(23)28-3/h4-9H,10-14H2,1-3H3/b9-8+. The minimum Gasteiger partial charge on any atom is -0.466 e. The number of methoxy groups -OCH3 is 3. The highest BCUT2D eigenvalue weighted by atomic mass is 16.5. The van der Waals surface area contributed by atoms with E-state index in [2.05, 4.69) is 4.74 Å². The third-order valence-corrected chi connectivity index (χ3v) is 3.72. The van der Waals surface area contributed by atoms with Crippen LogP contribution in [-0.4, -0.2) is 76.2 Å². The minimum atomic E-state index is -0.749. The average Bonchev–Trinajstić information content (AvgIpc) is 2.73. The second-order valence-corrected chi connectivity index (χ2v) is 5.80. The molecular weight excluding hydrogens is 382 g/mol. The van der Waals surface area contributed by atoms with E-state index in [9.17, 15) is 19.2 Å². The Morgan fingerprint density at radius 3 is 1.93 bits per heavy atom. The lowest BCUT2D eigenvalue weighted by molar-refractivity contribution is -0.145. The number of ether oxygens (including phenoxy) is 4. The third kappa shape index (κ3) is 9.13. The summed E-state index contributed by atoms with van der Waals surface area (Å²) in [5, 5.41) is 0. The molecule has 29 heavy (non-hydrogen) atoms. The Bertz CT molecular complexity index is 719. The summed E-state index contributed by atoms with van der Waals surface area (Å²) in [7, 11) is 4.22. The van der Waals surface area contributed by atoms with Gasteiger partial charge in [0.05, 0.1) is 20.3 Å². The van der Waals surface area contributed by atoms with E-state index in [1.54, 1.807) is 12.1 Å². The van der Waals surface area contributed by atoms with E-state index >= 15 is 0 Å². The fourth-order valence-electron chi connectivity index (χ4n) is 2.18. The van der Waals surface area contributed by atoms with Crippen LogP contribution in [0.2, 0.25) is 0 Å². The highest BCUT2D eigenvalue weighted by Gasteiger charge is 2.21. The first kappa shape index (κ1) is 24.0. The van der Waals surface area contributed by atoms with Crippen LogP contribution in [0, 0.1) is 0 Å². The van der Waals surface area contributed by atoms with Crippen LogP contribution in [0.4, 0.5) is 0 Å². The second kappa shape index (κ2) is 13.2. The van der Waals surface area contributed by atoms with Crippen molar-refractivity contribution in [2.45, 2.75) is 6.42 Å². The molecule has 9 nitrogen and oxygen atoms in total. The van der Waals surface area contributed by atoms with Crippen LogP contribution in [0.1, 0.15) is 5.56 Å². The Hall–Kier alpha value is -3.04. The summed E-state index contributed by atoms with van der Waals surface area (Å²) >= 11 is 0. The van der Waals surface area contributed by atoms with Gasteiger partial charge in [0.1, 0.15) is 5.75 Å². The summed E-state index contributed by atoms with van der Waals surface area (Å²) in [5.74, 6) is -2.37. The largest absolute Gasteiger partial charge is 0.466 e. The van der Waals surface area contributed by atoms with Crippen LogP contribution in [0.15, 0.2) is 36.4 Å². The predicted octanol–water partition coefficient (Wildman–Crippen LogP) is 0.554. The normalized spacial score (nSPS) is 10.6. The molecule has 0 aromatic heterocycles. The number of carbonyl (C=O) groups is 4. The van der Waals surface area contributed by atoms with Crippen LogP contribution in [0.5, 0.6) is 5.75 Å². The summed E-state index contributed by atoms with van der Waals surface area (Å²) in [6.07, 6.45) is 1.79. The molecule has 0 saturated carbocycles. The molecule has 0 aliphatic heterocycles. The molecule has 0 aliphatic carbocycles. The number of hydrogen-bond donors (Lipinski definition) is 0. The maximum absolute atomic E-state index is 12.4. The fourth-order valence-corrected chi connectivity index (χ4v) is 2.18. The molecule has 0 saturated heterocycles. The molecule has 158 valence electrons. The molecule has 0 spiro atoms. The molecule has 1 aromatic rings. The third-order valence-electron chi connectivity index (χ3n) is 3.72. The number of hydrogen-bond acceptors (Lipinski definition) is 8. The van der Waals surface area contributed by atoms with Crippen molar-refractivity contribution >= 4 is 23.6 Å². The first-order valence-corrected chi connectivity index (χ1v) is 8.78. The molecule has 0 heterocycles. The Morgan fingerprint density at radius 1 is 0.862 bits per heavy atom. The van der Waals surface area contributed by atoms with E-state index in [4.69, 9.17) is 14.2 Å². The van der Waals surface area contributed by atoms with E-state index in [1.165, 1.54) is 38.4 Å². The zero-order valence-corrected chi connectivity index (χ0v) is 16.7. The van der Waals surface area contributed by atoms with Gasteiger partial charge in [-0.1, -0.05) is 12.1 Å². The lowest BCUT2D eigenvalue weighted by Gasteiger charge is -2.21. The van der Waals surface area contributed by atoms with Crippen LogP contribution in [0.25, 0.3) is 0 Å². The quantitative estimate of drug-likeness (QED) is 0.214. The van der Waals surface area contributed by atoms with Crippen molar-refractivity contribution < 1.29 is 38.1 Å².